The van der Waals surface area contributed by atoms with Gasteiger partial charge in [0.05, 0.1) is 6.26 Å². The number of hydrogen-bond acceptors (Lipinski definition) is 7. The SMILES string of the molecule is O=C(COC(=O)COc1ccc(Nc2ccccc2)cc1)NNC(=O)c1ccco1. The molecule has 3 aromatic rings. The number of hydrogen-bond donors (Lipinski definition) is 3. The van der Waals surface area contributed by atoms with Gasteiger partial charge in [-0.25, -0.2) is 4.79 Å². The molecule has 0 atom stereocenters. The molecule has 0 saturated heterocycles. The lowest BCUT2D eigenvalue weighted by molar-refractivity contribution is -0.150. The predicted octanol–water partition coefficient (Wildman–Crippen LogP) is 2.41. The molecule has 2 amide bonds. The van der Waals surface area contributed by atoms with Crippen molar-refractivity contribution in [2.75, 3.05) is 18.5 Å². The van der Waals surface area contributed by atoms with Crippen LogP contribution >= 0.6 is 0 Å². The van der Waals surface area contributed by atoms with E-state index in [9.17, 15) is 14.4 Å². The molecular formula is C21H19N3O6. The molecule has 0 aliphatic rings. The number of hydrazine groups is 1. The monoisotopic (exact) mass is 409 g/mol. The molecule has 0 saturated carbocycles. The van der Waals surface area contributed by atoms with Crippen LogP contribution in [0, 0.1) is 0 Å². The zero-order chi connectivity index (χ0) is 21.2. The molecule has 1 heterocycles. The summed E-state index contributed by atoms with van der Waals surface area (Å²) in [4.78, 5) is 34.9. The van der Waals surface area contributed by atoms with Crippen LogP contribution in [-0.4, -0.2) is 31.0 Å². The van der Waals surface area contributed by atoms with E-state index >= 15 is 0 Å². The minimum absolute atomic E-state index is 0.0330. The van der Waals surface area contributed by atoms with E-state index in [0.717, 1.165) is 11.4 Å². The normalized spacial score (nSPS) is 10.0. The van der Waals surface area contributed by atoms with Gasteiger partial charge < -0.3 is 19.2 Å². The molecule has 0 aliphatic heterocycles. The summed E-state index contributed by atoms with van der Waals surface area (Å²) in [5.74, 6) is -1.56. The van der Waals surface area contributed by atoms with Crippen LogP contribution in [0.4, 0.5) is 11.4 Å². The number of anilines is 2. The lowest BCUT2D eigenvalue weighted by Crippen LogP contribution is -2.43. The van der Waals surface area contributed by atoms with Crippen molar-refractivity contribution < 1.29 is 28.3 Å². The molecule has 0 radical (unpaired) electrons. The highest BCUT2D eigenvalue weighted by molar-refractivity contribution is 5.93. The molecule has 3 N–H and O–H groups in total. The molecule has 154 valence electrons. The third-order valence-corrected chi connectivity index (χ3v) is 3.70. The Balaban J connectivity index is 1.34. The average molecular weight is 409 g/mol. The minimum Gasteiger partial charge on any atom is -0.482 e. The molecule has 2 aromatic carbocycles. The van der Waals surface area contributed by atoms with Gasteiger partial charge in [-0.15, -0.1) is 0 Å². The number of benzene rings is 2. The Bertz CT molecular complexity index is 972. The van der Waals surface area contributed by atoms with Crippen molar-refractivity contribution in [3.8, 4) is 5.75 Å². The zero-order valence-electron chi connectivity index (χ0n) is 15.8. The van der Waals surface area contributed by atoms with E-state index in [-0.39, 0.29) is 12.4 Å². The van der Waals surface area contributed by atoms with Gasteiger partial charge in [0, 0.05) is 11.4 Å². The number of nitrogens with one attached hydrogen (secondary N) is 3. The van der Waals surface area contributed by atoms with Crippen molar-refractivity contribution in [3.05, 3.63) is 78.8 Å². The summed E-state index contributed by atoms with van der Waals surface area (Å²) in [7, 11) is 0. The van der Waals surface area contributed by atoms with Gasteiger partial charge in [-0.3, -0.25) is 20.4 Å². The van der Waals surface area contributed by atoms with Crippen LogP contribution in [0.5, 0.6) is 5.75 Å². The van der Waals surface area contributed by atoms with Crippen molar-refractivity contribution in [1.29, 1.82) is 0 Å². The first-order valence-corrected chi connectivity index (χ1v) is 8.93. The van der Waals surface area contributed by atoms with Gasteiger partial charge in [-0.05, 0) is 48.5 Å². The Labute approximate surface area is 171 Å². The molecular weight excluding hydrogens is 390 g/mol. The summed E-state index contributed by atoms with van der Waals surface area (Å²) in [5, 5.41) is 3.23. The van der Waals surface area contributed by atoms with Crippen LogP contribution in [0.15, 0.2) is 77.4 Å². The van der Waals surface area contributed by atoms with E-state index in [1.165, 1.54) is 18.4 Å². The maximum absolute atomic E-state index is 11.7. The Morgan fingerprint density at radius 2 is 1.53 bits per heavy atom. The number of furan rings is 1. The maximum atomic E-state index is 11.7. The van der Waals surface area contributed by atoms with E-state index in [0.29, 0.717) is 5.75 Å². The first kappa shape index (κ1) is 20.5. The summed E-state index contributed by atoms with van der Waals surface area (Å²) in [6.07, 6.45) is 1.33. The maximum Gasteiger partial charge on any atom is 0.344 e. The predicted molar refractivity (Wildman–Crippen MR) is 107 cm³/mol. The van der Waals surface area contributed by atoms with E-state index in [2.05, 4.69) is 16.2 Å². The van der Waals surface area contributed by atoms with Crippen LogP contribution in [0.2, 0.25) is 0 Å². The van der Waals surface area contributed by atoms with Gasteiger partial charge in [0.15, 0.2) is 19.0 Å². The van der Waals surface area contributed by atoms with E-state index in [4.69, 9.17) is 13.9 Å². The van der Waals surface area contributed by atoms with E-state index in [1.54, 1.807) is 12.1 Å². The first-order valence-electron chi connectivity index (χ1n) is 8.93. The molecule has 30 heavy (non-hydrogen) atoms. The second-order valence-electron chi connectivity index (χ2n) is 5.94. The lowest BCUT2D eigenvalue weighted by Gasteiger charge is -2.09. The third kappa shape index (κ3) is 6.41. The van der Waals surface area contributed by atoms with Crippen LogP contribution < -0.4 is 20.9 Å². The van der Waals surface area contributed by atoms with Crippen molar-refractivity contribution in [2.45, 2.75) is 0 Å². The Morgan fingerprint density at radius 1 is 0.800 bits per heavy atom. The minimum atomic E-state index is -0.728. The molecule has 0 fully saturated rings. The smallest absolute Gasteiger partial charge is 0.344 e. The van der Waals surface area contributed by atoms with Gasteiger partial charge in [-0.1, -0.05) is 18.2 Å². The number of ether oxygens (including phenoxy) is 2. The summed E-state index contributed by atoms with van der Waals surface area (Å²) >= 11 is 0. The van der Waals surface area contributed by atoms with Crippen LogP contribution in [-0.2, 0) is 14.3 Å². The lowest BCUT2D eigenvalue weighted by atomic mass is 10.2. The molecule has 0 bridgehead atoms. The van der Waals surface area contributed by atoms with E-state index < -0.39 is 24.4 Å². The second kappa shape index (κ2) is 10.3. The summed E-state index contributed by atoms with van der Waals surface area (Å²) in [6, 6.07) is 19.7. The molecule has 1 aromatic heterocycles. The number of para-hydroxylation sites is 1. The van der Waals surface area contributed by atoms with Crippen LogP contribution in [0.3, 0.4) is 0 Å². The number of carbonyl (C=O) groups excluding carboxylic acids is 3. The van der Waals surface area contributed by atoms with Gasteiger partial charge in [-0.2, -0.15) is 0 Å². The first-order chi connectivity index (χ1) is 14.6. The summed E-state index contributed by atoms with van der Waals surface area (Å²) in [6.45, 7) is -0.932. The number of carbonyl (C=O) groups is 3. The fraction of sp³-hybridized carbons (Fsp3) is 0.0952. The standard InChI is InChI=1S/C21H19N3O6/c25-19(23-24-21(27)18-7-4-12-28-18)13-30-20(26)14-29-17-10-8-16(9-11-17)22-15-5-2-1-3-6-15/h1-12,22H,13-14H2,(H,23,25)(H,24,27). The van der Waals surface area contributed by atoms with Crippen LogP contribution in [0.25, 0.3) is 0 Å². The van der Waals surface area contributed by atoms with Crippen molar-refractivity contribution >= 4 is 29.2 Å². The Kier molecular flexibility index (Phi) is 7.04. The topological polar surface area (TPSA) is 119 Å². The van der Waals surface area contributed by atoms with Gasteiger partial charge in [0.2, 0.25) is 0 Å². The molecule has 9 nitrogen and oxygen atoms in total. The Morgan fingerprint density at radius 3 is 2.23 bits per heavy atom. The summed E-state index contributed by atoms with van der Waals surface area (Å²) in [5.41, 5.74) is 6.05. The Hall–Kier alpha value is -4.27. The van der Waals surface area contributed by atoms with Gasteiger partial charge in [0.25, 0.3) is 5.91 Å². The van der Waals surface area contributed by atoms with Gasteiger partial charge in [0.1, 0.15) is 5.75 Å². The highest BCUT2D eigenvalue weighted by atomic mass is 16.6. The van der Waals surface area contributed by atoms with Crippen molar-refractivity contribution in [1.82, 2.24) is 10.9 Å². The van der Waals surface area contributed by atoms with Crippen LogP contribution in [0.1, 0.15) is 10.6 Å². The zero-order valence-corrected chi connectivity index (χ0v) is 15.8. The quantitative estimate of drug-likeness (QED) is 0.386. The number of esters is 1. The average Bonchev–Trinajstić information content (AvgIpc) is 3.31. The fourth-order valence-electron chi connectivity index (χ4n) is 2.28. The summed E-state index contributed by atoms with van der Waals surface area (Å²) < 4.78 is 15.0. The fourth-order valence-corrected chi connectivity index (χ4v) is 2.28. The number of amides is 2. The molecule has 9 heteroatoms. The molecule has 3 rings (SSSR count). The highest BCUT2D eigenvalue weighted by Gasteiger charge is 2.12. The molecule has 0 aliphatic carbocycles. The highest BCUT2D eigenvalue weighted by Crippen LogP contribution is 2.19. The van der Waals surface area contributed by atoms with Crippen molar-refractivity contribution in [3.63, 3.8) is 0 Å². The third-order valence-electron chi connectivity index (χ3n) is 3.70. The second-order valence-corrected chi connectivity index (χ2v) is 5.94. The molecule has 0 spiro atoms. The largest absolute Gasteiger partial charge is 0.482 e. The van der Waals surface area contributed by atoms with Gasteiger partial charge >= 0.3 is 11.9 Å². The molecule has 0 unspecified atom stereocenters. The van der Waals surface area contributed by atoms with Crippen molar-refractivity contribution in [2.24, 2.45) is 0 Å². The number of rotatable bonds is 8. The van der Waals surface area contributed by atoms with E-state index in [1.807, 2.05) is 42.5 Å².